The minimum Gasteiger partial charge on any atom is -0.504 e. The van der Waals surface area contributed by atoms with Crippen LogP contribution in [0.3, 0.4) is 0 Å². The number of rotatable bonds is 5. The van der Waals surface area contributed by atoms with Crippen LogP contribution in [-0.4, -0.2) is 84.8 Å². The predicted octanol–water partition coefficient (Wildman–Crippen LogP) is 3.14. The van der Waals surface area contributed by atoms with Crippen LogP contribution in [0.25, 0.3) is 11.3 Å². The molecule has 200 valence electrons. The van der Waals surface area contributed by atoms with Crippen molar-refractivity contribution in [3.05, 3.63) is 54.3 Å². The first kappa shape index (κ1) is 24.7. The van der Waals surface area contributed by atoms with Crippen LogP contribution in [0.2, 0.25) is 0 Å². The van der Waals surface area contributed by atoms with Crippen molar-refractivity contribution < 1.29 is 19.0 Å². The van der Waals surface area contributed by atoms with Gasteiger partial charge in [0.1, 0.15) is 11.9 Å². The highest BCUT2D eigenvalue weighted by atomic mass is 19.1. The Morgan fingerprint density at radius 2 is 1.76 bits per heavy atom. The topological polar surface area (TPSA) is 100 Å². The fraction of sp³-hybridized carbons (Fsp3) is 0.429. The van der Waals surface area contributed by atoms with Gasteiger partial charge in [-0.05, 0) is 50.2 Å². The molecule has 38 heavy (non-hydrogen) atoms. The third-order valence-corrected chi connectivity index (χ3v) is 7.76. The summed E-state index contributed by atoms with van der Waals surface area (Å²) in [5.41, 5.74) is 8.75. The summed E-state index contributed by atoms with van der Waals surface area (Å²) in [6, 6.07) is 14.7. The van der Waals surface area contributed by atoms with Gasteiger partial charge in [-0.3, -0.25) is 0 Å². The van der Waals surface area contributed by atoms with Gasteiger partial charge in [0.15, 0.2) is 17.4 Å². The Balaban J connectivity index is 1.23. The van der Waals surface area contributed by atoms with Crippen molar-refractivity contribution in [2.24, 2.45) is 0 Å². The summed E-state index contributed by atoms with van der Waals surface area (Å²) in [4.78, 5) is 6.97. The van der Waals surface area contributed by atoms with E-state index in [1.165, 1.54) is 12.1 Å². The summed E-state index contributed by atoms with van der Waals surface area (Å²) in [6.07, 6.45) is 2.32. The lowest BCUT2D eigenvalue weighted by atomic mass is 10.0. The molecule has 10 heteroatoms. The number of anilines is 3. The first-order valence-electron chi connectivity index (χ1n) is 13.1. The standard InChI is InChI=1S/C28H33FN6O3/c1-33-10-8-21(9-11-33)38-22-5-2-4-18(12-22)35-19-14-34(15-20(35)17-37-16-19)26-13-25(31-32-28(26)30)23-6-3-7-24(29)27(23)36/h2-7,12-13,19-21,36H,8-11,14-17H2,1H3,(H2,30,32). The minimum absolute atomic E-state index is 0.0969. The van der Waals surface area contributed by atoms with E-state index in [9.17, 15) is 9.50 Å². The van der Waals surface area contributed by atoms with Gasteiger partial charge < -0.3 is 35.0 Å². The lowest BCUT2D eigenvalue weighted by molar-refractivity contribution is 0.0588. The molecule has 3 aromatic rings. The number of nitrogens with zero attached hydrogens (tertiary/aromatic N) is 5. The average molecular weight is 521 g/mol. The van der Waals surface area contributed by atoms with Gasteiger partial charge in [-0.1, -0.05) is 12.1 Å². The van der Waals surface area contributed by atoms with E-state index >= 15 is 0 Å². The molecule has 2 bridgehead atoms. The molecule has 0 amide bonds. The maximum atomic E-state index is 14.0. The number of para-hydroxylation sites is 1. The maximum Gasteiger partial charge on any atom is 0.169 e. The number of phenols is 1. The number of aromatic nitrogens is 2. The molecule has 1 aromatic heterocycles. The number of piperidine rings is 1. The molecule has 4 heterocycles. The van der Waals surface area contributed by atoms with Gasteiger partial charge in [-0.15, -0.1) is 10.2 Å². The molecule has 9 nitrogen and oxygen atoms in total. The van der Waals surface area contributed by atoms with Crippen LogP contribution in [0.5, 0.6) is 11.5 Å². The number of likely N-dealkylation sites (tertiary alicyclic amines) is 1. The molecule has 2 aromatic carbocycles. The predicted molar refractivity (Wildman–Crippen MR) is 144 cm³/mol. The fourth-order valence-electron chi connectivity index (χ4n) is 5.79. The highest BCUT2D eigenvalue weighted by molar-refractivity contribution is 5.74. The van der Waals surface area contributed by atoms with E-state index in [1.54, 1.807) is 12.1 Å². The Labute approximate surface area is 221 Å². The summed E-state index contributed by atoms with van der Waals surface area (Å²) in [6.45, 7) is 4.62. The van der Waals surface area contributed by atoms with Crippen LogP contribution >= 0.6 is 0 Å². The Bertz CT molecular complexity index is 1290. The van der Waals surface area contributed by atoms with Gasteiger partial charge in [0, 0.05) is 43.5 Å². The molecular formula is C28H33FN6O3. The fourth-order valence-corrected chi connectivity index (χ4v) is 5.79. The smallest absolute Gasteiger partial charge is 0.169 e. The lowest BCUT2D eigenvalue weighted by Crippen LogP contribution is -2.65. The Morgan fingerprint density at radius 1 is 1.03 bits per heavy atom. The van der Waals surface area contributed by atoms with Crippen molar-refractivity contribution in [3.8, 4) is 22.8 Å². The van der Waals surface area contributed by atoms with E-state index in [0.29, 0.717) is 37.8 Å². The van der Waals surface area contributed by atoms with E-state index < -0.39 is 11.6 Å². The van der Waals surface area contributed by atoms with E-state index in [-0.39, 0.29) is 23.8 Å². The third kappa shape index (κ3) is 4.81. The molecule has 0 spiro atoms. The van der Waals surface area contributed by atoms with Gasteiger partial charge in [-0.2, -0.15) is 0 Å². The number of aromatic hydroxyl groups is 1. The summed E-state index contributed by atoms with van der Waals surface area (Å²) in [5, 5.41) is 18.5. The van der Waals surface area contributed by atoms with Crippen LogP contribution in [0.15, 0.2) is 48.5 Å². The number of piperazine rings is 1. The zero-order chi connectivity index (χ0) is 26.2. The molecule has 3 fully saturated rings. The van der Waals surface area contributed by atoms with Crippen molar-refractivity contribution in [3.63, 3.8) is 0 Å². The molecule has 2 unspecified atom stereocenters. The van der Waals surface area contributed by atoms with Crippen LogP contribution in [0, 0.1) is 5.82 Å². The van der Waals surface area contributed by atoms with Crippen molar-refractivity contribution in [2.45, 2.75) is 31.0 Å². The van der Waals surface area contributed by atoms with Gasteiger partial charge in [0.25, 0.3) is 0 Å². The van der Waals surface area contributed by atoms with Crippen LogP contribution in [-0.2, 0) is 4.74 Å². The number of morpholine rings is 1. The number of nitrogens with two attached hydrogens (primary N) is 1. The Morgan fingerprint density at radius 3 is 2.53 bits per heavy atom. The second-order valence-corrected chi connectivity index (χ2v) is 10.4. The SMILES string of the molecule is CN1CCC(Oc2cccc(N3C4COCC3CN(c3cc(-c5cccc(F)c5O)nnc3N)C4)c2)CC1. The normalized spacial score (nSPS) is 22.5. The highest BCUT2D eigenvalue weighted by Gasteiger charge is 2.39. The molecule has 3 saturated heterocycles. The molecule has 0 saturated carbocycles. The number of benzene rings is 2. The number of fused-ring (bicyclic) bond motifs is 2. The van der Waals surface area contributed by atoms with Gasteiger partial charge in [0.2, 0.25) is 0 Å². The van der Waals surface area contributed by atoms with Crippen molar-refractivity contribution in [1.82, 2.24) is 15.1 Å². The van der Waals surface area contributed by atoms with Gasteiger partial charge in [0.05, 0.1) is 36.7 Å². The van der Waals surface area contributed by atoms with Crippen molar-refractivity contribution >= 4 is 17.2 Å². The largest absolute Gasteiger partial charge is 0.504 e. The minimum atomic E-state index is -0.704. The van der Waals surface area contributed by atoms with Crippen molar-refractivity contribution in [2.75, 3.05) is 62.0 Å². The van der Waals surface area contributed by atoms with E-state index in [0.717, 1.165) is 43.1 Å². The average Bonchev–Trinajstić information content (AvgIpc) is 2.91. The van der Waals surface area contributed by atoms with Crippen LogP contribution < -0.4 is 20.3 Å². The van der Waals surface area contributed by atoms with Crippen molar-refractivity contribution in [1.29, 1.82) is 0 Å². The number of hydrogen-bond acceptors (Lipinski definition) is 9. The molecular weight excluding hydrogens is 487 g/mol. The number of ether oxygens (including phenoxy) is 2. The molecule has 3 aliphatic rings. The molecule has 0 radical (unpaired) electrons. The van der Waals surface area contributed by atoms with Gasteiger partial charge >= 0.3 is 0 Å². The summed E-state index contributed by atoms with van der Waals surface area (Å²) >= 11 is 0. The number of hydrogen-bond donors (Lipinski definition) is 2. The lowest BCUT2D eigenvalue weighted by Gasteiger charge is -2.51. The van der Waals surface area contributed by atoms with Gasteiger partial charge in [-0.25, -0.2) is 4.39 Å². The second kappa shape index (κ2) is 10.3. The molecule has 0 aliphatic carbocycles. The first-order chi connectivity index (χ1) is 18.5. The zero-order valence-corrected chi connectivity index (χ0v) is 21.5. The summed E-state index contributed by atoms with van der Waals surface area (Å²) < 4.78 is 26.3. The summed E-state index contributed by atoms with van der Waals surface area (Å²) in [5.74, 6) is 0.0474. The molecule has 2 atom stereocenters. The third-order valence-electron chi connectivity index (χ3n) is 7.76. The summed E-state index contributed by atoms with van der Waals surface area (Å²) in [7, 11) is 2.15. The monoisotopic (exact) mass is 520 g/mol. The molecule has 6 rings (SSSR count). The highest BCUT2D eigenvalue weighted by Crippen LogP contribution is 2.37. The molecule has 3 aliphatic heterocycles. The first-order valence-corrected chi connectivity index (χ1v) is 13.1. The maximum absolute atomic E-state index is 14.0. The zero-order valence-electron chi connectivity index (χ0n) is 21.5. The number of nitrogen functional groups attached to an aromatic ring is 1. The van der Waals surface area contributed by atoms with E-state index in [2.05, 4.69) is 50.1 Å². The van der Waals surface area contributed by atoms with E-state index in [1.807, 2.05) is 6.07 Å². The quantitative estimate of drug-likeness (QED) is 0.526. The van der Waals surface area contributed by atoms with E-state index in [4.69, 9.17) is 15.2 Å². The van der Waals surface area contributed by atoms with Crippen LogP contribution in [0.1, 0.15) is 12.8 Å². The number of halogens is 1. The Hall–Kier alpha value is -3.63. The van der Waals surface area contributed by atoms with Crippen LogP contribution in [0.4, 0.5) is 21.6 Å². The molecule has 3 N–H and O–H groups in total. The Kier molecular flexibility index (Phi) is 6.67. The number of phenolic OH excluding ortho intramolecular Hbond substituents is 1. The second-order valence-electron chi connectivity index (χ2n) is 10.4.